The predicted octanol–water partition coefficient (Wildman–Crippen LogP) is 4.27. The van der Waals surface area contributed by atoms with Crippen LogP contribution in [-0.4, -0.2) is 57.2 Å². The van der Waals surface area contributed by atoms with Gasteiger partial charge in [0.2, 0.25) is 0 Å². The van der Waals surface area contributed by atoms with Crippen LogP contribution in [0.4, 0.5) is 13.2 Å². The second-order valence-corrected chi connectivity index (χ2v) is 7.88. The first kappa shape index (κ1) is 22.2. The summed E-state index contributed by atoms with van der Waals surface area (Å²) in [6.07, 6.45) is -1.05. The fraction of sp³-hybridized carbons (Fsp3) is 0.409. The van der Waals surface area contributed by atoms with E-state index in [2.05, 4.69) is 14.6 Å². The van der Waals surface area contributed by atoms with Gasteiger partial charge in [-0.25, -0.2) is 15.0 Å². The zero-order valence-electron chi connectivity index (χ0n) is 18.1. The van der Waals surface area contributed by atoms with E-state index in [0.717, 1.165) is 13.1 Å². The maximum Gasteiger partial charge on any atom is 0.573 e. The molecule has 0 spiro atoms. The van der Waals surface area contributed by atoms with Gasteiger partial charge in [0.25, 0.3) is 0 Å². The molecule has 1 aliphatic heterocycles. The van der Waals surface area contributed by atoms with Gasteiger partial charge in [-0.2, -0.15) is 0 Å². The number of hydrogen-bond donors (Lipinski definition) is 0. The average molecular weight is 447 g/mol. The molecule has 0 amide bonds. The van der Waals surface area contributed by atoms with Crippen molar-refractivity contribution in [2.75, 3.05) is 26.4 Å². The quantitative estimate of drug-likeness (QED) is 0.504. The van der Waals surface area contributed by atoms with Gasteiger partial charge >= 0.3 is 6.36 Å². The summed E-state index contributed by atoms with van der Waals surface area (Å²) < 4.78 is 48.9. The van der Waals surface area contributed by atoms with Crippen LogP contribution in [0.1, 0.15) is 25.6 Å². The largest absolute Gasteiger partial charge is 0.573 e. The molecule has 0 saturated carbocycles. The molecule has 32 heavy (non-hydrogen) atoms. The van der Waals surface area contributed by atoms with Crippen LogP contribution >= 0.6 is 0 Å². The van der Waals surface area contributed by atoms with Crippen LogP contribution < -0.4 is 4.74 Å². The highest BCUT2D eigenvalue weighted by Crippen LogP contribution is 2.32. The first-order valence-corrected chi connectivity index (χ1v) is 10.2. The zero-order chi connectivity index (χ0) is 22.9. The lowest BCUT2D eigenvalue weighted by Crippen LogP contribution is -2.46. The van der Waals surface area contributed by atoms with Gasteiger partial charge in [0.15, 0.2) is 5.65 Å². The Morgan fingerprint density at radius 3 is 2.56 bits per heavy atom. The maximum atomic E-state index is 12.5. The third kappa shape index (κ3) is 4.91. The molecule has 1 saturated heterocycles. The molecule has 0 N–H and O–H groups in total. The molecule has 1 aromatic carbocycles. The SMILES string of the molecule is C/C=C(\C)COCN1CC(c2nc(-c3ccc(OC(F)(F)F)cc3)c3ncn(C)c3n2)C1. The number of rotatable bonds is 7. The second kappa shape index (κ2) is 8.87. The molecule has 0 unspecified atom stereocenters. The minimum absolute atomic E-state index is 0.146. The molecule has 0 atom stereocenters. The molecule has 10 heteroatoms. The third-order valence-corrected chi connectivity index (χ3v) is 5.36. The highest BCUT2D eigenvalue weighted by molar-refractivity contribution is 5.87. The minimum atomic E-state index is -4.73. The van der Waals surface area contributed by atoms with Crippen LogP contribution in [0.25, 0.3) is 22.4 Å². The highest BCUT2D eigenvalue weighted by Gasteiger charge is 2.32. The number of ether oxygens (including phenoxy) is 2. The summed E-state index contributed by atoms with van der Waals surface area (Å²) in [6.45, 7) is 6.71. The number of benzene rings is 1. The lowest BCUT2D eigenvalue weighted by atomic mass is 9.99. The summed E-state index contributed by atoms with van der Waals surface area (Å²) in [5.41, 5.74) is 3.69. The van der Waals surface area contributed by atoms with Crippen molar-refractivity contribution < 1.29 is 22.6 Å². The van der Waals surface area contributed by atoms with Crippen LogP contribution in [0, 0.1) is 0 Å². The number of likely N-dealkylation sites (tertiary alicyclic amines) is 1. The topological polar surface area (TPSA) is 65.3 Å². The van der Waals surface area contributed by atoms with Crippen molar-refractivity contribution in [3.8, 4) is 17.0 Å². The number of aromatic nitrogens is 4. The summed E-state index contributed by atoms with van der Waals surface area (Å²) in [7, 11) is 1.85. The van der Waals surface area contributed by atoms with Gasteiger partial charge in [0.1, 0.15) is 22.8 Å². The normalized spacial score (nSPS) is 15.9. The summed E-state index contributed by atoms with van der Waals surface area (Å²) in [4.78, 5) is 16.0. The van der Waals surface area contributed by atoms with Crippen molar-refractivity contribution in [3.05, 3.63) is 48.1 Å². The van der Waals surface area contributed by atoms with Crippen LogP contribution in [-0.2, 0) is 11.8 Å². The number of fused-ring (bicyclic) bond motifs is 1. The third-order valence-electron chi connectivity index (χ3n) is 5.36. The van der Waals surface area contributed by atoms with Crippen molar-refractivity contribution in [2.24, 2.45) is 7.05 Å². The summed E-state index contributed by atoms with van der Waals surface area (Å²) in [5, 5.41) is 0. The van der Waals surface area contributed by atoms with Crippen molar-refractivity contribution in [2.45, 2.75) is 26.1 Å². The van der Waals surface area contributed by atoms with Gasteiger partial charge in [0, 0.05) is 31.6 Å². The van der Waals surface area contributed by atoms with E-state index in [4.69, 9.17) is 14.7 Å². The van der Waals surface area contributed by atoms with Crippen molar-refractivity contribution in [1.29, 1.82) is 0 Å². The summed E-state index contributed by atoms with van der Waals surface area (Å²) >= 11 is 0. The molecular weight excluding hydrogens is 423 g/mol. The zero-order valence-corrected chi connectivity index (χ0v) is 18.1. The number of halogens is 3. The number of allylic oxidation sites excluding steroid dienone is 1. The van der Waals surface area contributed by atoms with Crippen LogP contribution in [0.15, 0.2) is 42.2 Å². The number of imidazole rings is 1. The average Bonchev–Trinajstić information content (AvgIpc) is 3.09. The molecule has 0 aliphatic carbocycles. The standard InChI is InChI=1S/C22H24F3N5O2/c1-4-14(2)11-31-13-30-9-16(10-30)20-27-18(19-21(28-20)29(3)12-26-19)15-5-7-17(8-6-15)32-22(23,24)25/h4-8,12,16H,9-11,13H2,1-3H3/b14-4+. The van der Waals surface area contributed by atoms with Gasteiger partial charge in [0.05, 0.1) is 19.7 Å². The first-order chi connectivity index (χ1) is 15.2. The first-order valence-electron chi connectivity index (χ1n) is 10.2. The Morgan fingerprint density at radius 1 is 1.19 bits per heavy atom. The molecule has 4 rings (SSSR count). The fourth-order valence-electron chi connectivity index (χ4n) is 3.48. The van der Waals surface area contributed by atoms with Gasteiger partial charge in [-0.05, 0) is 38.1 Å². The lowest BCUT2D eigenvalue weighted by Gasteiger charge is -2.37. The molecule has 2 aromatic heterocycles. The van der Waals surface area contributed by atoms with Gasteiger partial charge < -0.3 is 14.0 Å². The number of nitrogens with zero attached hydrogens (tertiary/aromatic N) is 5. The Hall–Kier alpha value is -2.98. The summed E-state index contributed by atoms with van der Waals surface area (Å²) in [6, 6.07) is 5.64. The Kier molecular flexibility index (Phi) is 6.16. The molecule has 3 aromatic rings. The van der Waals surface area contributed by atoms with Crippen LogP contribution in [0.2, 0.25) is 0 Å². The van der Waals surface area contributed by atoms with E-state index in [1.165, 1.54) is 17.7 Å². The maximum absolute atomic E-state index is 12.5. The molecule has 170 valence electrons. The Labute approximate surface area is 183 Å². The Morgan fingerprint density at radius 2 is 1.91 bits per heavy atom. The predicted molar refractivity (Wildman–Crippen MR) is 113 cm³/mol. The lowest BCUT2D eigenvalue weighted by molar-refractivity contribution is -0.274. The van der Waals surface area contributed by atoms with Crippen LogP contribution in [0.5, 0.6) is 5.75 Å². The Bertz CT molecular complexity index is 1120. The van der Waals surface area contributed by atoms with Gasteiger partial charge in [-0.15, -0.1) is 13.2 Å². The smallest absolute Gasteiger partial charge is 0.406 e. The fourth-order valence-corrected chi connectivity index (χ4v) is 3.48. The highest BCUT2D eigenvalue weighted by atomic mass is 19.4. The van der Waals surface area contributed by atoms with Gasteiger partial charge in [-0.1, -0.05) is 11.6 Å². The number of hydrogen-bond acceptors (Lipinski definition) is 6. The minimum Gasteiger partial charge on any atom is -0.406 e. The Balaban J connectivity index is 1.53. The molecular formula is C22H24F3N5O2. The van der Waals surface area contributed by atoms with Crippen molar-refractivity contribution in [1.82, 2.24) is 24.4 Å². The van der Waals surface area contributed by atoms with E-state index >= 15 is 0 Å². The van der Waals surface area contributed by atoms with E-state index in [1.54, 1.807) is 18.5 Å². The molecule has 0 radical (unpaired) electrons. The molecule has 7 nitrogen and oxygen atoms in total. The van der Waals surface area contributed by atoms with Crippen molar-refractivity contribution >= 4 is 11.2 Å². The van der Waals surface area contributed by atoms with E-state index < -0.39 is 6.36 Å². The van der Waals surface area contributed by atoms with E-state index in [1.807, 2.05) is 31.5 Å². The molecule has 1 aliphatic rings. The second-order valence-electron chi connectivity index (χ2n) is 7.88. The van der Waals surface area contributed by atoms with E-state index in [-0.39, 0.29) is 11.7 Å². The van der Waals surface area contributed by atoms with Crippen LogP contribution in [0.3, 0.4) is 0 Å². The molecule has 3 heterocycles. The van der Waals surface area contributed by atoms with Gasteiger partial charge in [-0.3, -0.25) is 4.90 Å². The summed E-state index contributed by atoms with van der Waals surface area (Å²) in [5.74, 6) is 0.551. The number of alkyl halides is 3. The number of aryl methyl sites for hydroxylation is 1. The monoisotopic (exact) mass is 447 g/mol. The molecule has 1 fully saturated rings. The molecule has 0 bridgehead atoms. The van der Waals surface area contributed by atoms with E-state index in [9.17, 15) is 13.2 Å². The van der Waals surface area contributed by atoms with E-state index in [0.29, 0.717) is 41.6 Å². The van der Waals surface area contributed by atoms with Crippen molar-refractivity contribution in [3.63, 3.8) is 0 Å².